The van der Waals surface area contributed by atoms with E-state index in [0.717, 1.165) is 107 Å². The molecule has 0 saturated carbocycles. The first-order chi connectivity index (χ1) is 28.6. The second-order valence-electron chi connectivity index (χ2n) is 16.3. The zero-order valence-corrected chi connectivity index (χ0v) is 36.8. The van der Waals surface area contributed by atoms with Gasteiger partial charge < -0.3 is 18.9 Å². The highest BCUT2D eigenvalue weighted by atomic mass is 16.5. The van der Waals surface area contributed by atoms with Gasteiger partial charge in [0.1, 0.15) is 12.1 Å². The van der Waals surface area contributed by atoms with Crippen LogP contribution in [-0.2, 0) is 0 Å². The van der Waals surface area contributed by atoms with Crippen molar-refractivity contribution in [2.24, 2.45) is 0 Å². The van der Waals surface area contributed by atoms with Crippen LogP contribution < -0.4 is 18.9 Å². The van der Waals surface area contributed by atoms with E-state index in [9.17, 15) is 10.5 Å². The second-order valence-corrected chi connectivity index (χ2v) is 16.3. The maximum absolute atomic E-state index is 10.2. The normalized spacial score (nSPS) is 11.3. The fourth-order valence-corrected chi connectivity index (χ4v) is 7.95. The number of benzene rings is 4. The molecule has 0 unspecified atom stereocenters. The Hall–Kier alpha value is -4.16. The number of nitrogens with zero attached hydrogens (tertiary/aromatic N) is 2. The summed E-state index contributed by atoms with van der Waals surface area (Å²) in [4.78, 5) is 0. The fraction of sp³-hybridized carbons (Fsp3) is 0.615. The molecule has 0 aliphatic heterocycles. The van der Waals surface area contributed by atoms with Crippen LogP contribution >= 0.6 is 0 Å². The molecule has 4 aromatic carbocycles. The van der Waals surface area contributed by atoms with Crippen molar-refractivity contribution in [3.63, 3.8) is 0 Å². The Kier molecular flexibility index (Phi) is 22.1. The molecule has 0 fully saturated rings. The predicted molar refractivity (Wildman–Crippen MR) is 244 cm³/mol. The van der Waals surface area contributed by atoms with Gasteiger partial charge in [0.25, 0.3) is 0 Å². The second kappa shape index (κ2) is 27.5. The van der Waals surface area contributed by atoms with Crippen molar-refractivity contribution in [2.75, 3.05) is 26.4 Å². The topological polar surface area (TPSA) is 84.5 Å². The summed E-state index contributed by atoms with van der Waals surface area (Å²) in [5.74, 6) is 2.96. The molecule has 0 N–H and O–H groups in total. The predicted octanol–water partition coefficient (Wildman–Crippen LogP) is 15.8. The molecule has 0 bridgehead atoms. The average Bonchev–Trinajstić information content (AvgIpc) is 3.24. The van der Waals surface area contributed by atoms with Crippen LogP contribution in [0, 0.1) is 22.7 Å². The quantitative estimate of drug-likeness (QED) is 0.0362. The molecule has 6 nitrogen and oxygen atoms in total. The number of ether oxygens (including phenoxy) is 4. The van der Waals surface area contributed by atoms with Crippen LogP contribution in [0.3, 0.4) is 0 Å². The van der Waals surface area contributed by atoms with Crippen molar-refractivity contribution >= 4 is 32.3 Å². The molecule has 0 radical (unpaired) electrons. The third-order valence-electron chi connectivity index (χ3n) is 11.5. The molecule has 4 rings (SSSR count). The summed E-state index contributed by atoms with van der Waals surface area (Å²) in [7, 11) is 0. The van der Waals surface area contributed by atoms with Crippen LogP contribution in [0.4, 0.5) is 0 Å². The summed E-state index contributed by atoms with van der Waals surface area (Å²) in [5, 5.41) is 26.1. The molecular formula is C52H74N2O4. The maximum atomic E-state index is 10.2. The Morgan fingerprint density at radius 1 is 0.310 bits per heavy atom. The van der Waals surface area contributed by atoms with E-state index in [0.29, 0.717) is 37.6 Å². The lowest BCUT2D eigenvalue weighted by molar-refractivity contribution is 0.259. The van der Waals surface area contributed by atoms with Gasteiger partial charge in [-0.25, -0.2) is 0 Å². The van der Waals surface area contributed by atoms with Crippen LogP contribution in [-0.4, -0.2) is 26.4 Å². The average molecular weight is 791 g/mol. The van der Waals surface area contributed by atoms with E-state index in [2.05, 4.69) is 64.1 Å². The monoisotopic (exact) mass is 791 g/mol. The smallest absolute Gasteiger partial charge is 0.161 e. The molecular weight excluding hydrogens is 717 g/mol. The van der Waals surface area contributed by atoms with Gasteiger partial charge in [-0.15, -0.1) is 0 Å². The SMILES string of the molecule is CCCCCCCCOc1cc2c3cc(C#N)c(C#N)cc3c3cc(OCCCCCCCC)c(OCCCCCCCC)cc3c2cc1OCCCCCCCC. The van der Waals surface area contributed by atoms with E-state index in [1.807, 2.05) is 12.1 Å². The summed E-state index contributed by atoms with van der Waals surface area (Å²) in [6, 6.07) is 16.8. The van der Waals surface area contributed by atoms with Crippen LogP contribution in [0.2, 0.25) is 0 Å². The number of hydrogen-bond acceptors (Lipinski definition) is 6. The Bertz CT molecular complexity index is 1750. The standard InChI is InChI=1S/C52H74N2O4/c1-5-9-13-17-21-25-29-55-49-35-45-43-33-41(39-53)42(40-54)34-44(43)46-36-50(56-30-26-22-18-14-10-6-2)52(58-32-28-24-20-16-12-8-4)38-48(46)47(45)37-51(49)57-31-27-23-19-15-11-7-3/h33-38H,5-32H2,1-4H3. The van der Waals surface area contributed by atoms with Gasteiger partial charge in [0.15, 0.2) is 23.0 Å². The third kappa shape index (κ3) is 14.6. The molecule has 6 heteroatoms. The first-order valence-corrected chi connectivity index (χ1v) is 23.5. The van der Waals surface area contributed by atoms with Crippen LogP contribution in [0.15, 0.2) is 36.4 Å². The van der Waals surface area contributed by atoms with E-state index < -0.39 is 0 Å². The Morgan fingerprint density at radius 2 is 0.517 bits per heavy atom. The number of fused-ring (bicyclic) bond motifs is 6. The minimum Gasteiger partial charge on any atom is -0.490 e. The summed E-state index contributed by atoms with van der Waals surface area (Å²) in [6.07, 6.45) is 28.6. The van der Waals surface area contributed by atoms with Gasteiger partial charge in [0.2, 0.25) is 0 Å². The molecule has 4 aromatic rings. The third-order valence-corrected chi connectivity index (χ3v) is 11.5. The van der Waals surface area contributed by atoms with Crippen molar-refractivity contribution in [1.29, 1.82) is 10.5 Å². The van der Waals surface area contributed by atoms with Gasteiger partial charge in [-0.05, 0) is 94.4 Å². The summed E-state index contributed by atoms with van der Waals surface area (Å²) in [6.45, 7) is 11.5. The lowest BCUT2D eigenvalue weighted by atomic mass is 9.91. The van der Waals surface area contributed by atoms with Gasteiger partial charge >= 0.3 is 0 Å². The molecule has 316 valence electrons. The van der Waals surface area contributed by atoms with Gasteiger partial charge in [0, 0.05) is 0 Å². The molecule has 0 spiro atoms. The minimum atomic E-state index is 0.368. The van der Waals surface area contributed by atoms with E-state index in [-0.39, 0.29) is 0 Å². The minimum absolute atomic E-state index is 0.368. The molecule has 0 aliphatic rings. The zero-order valence-electron chi connectivity index (χ0n) is 36.8. The zero-order chi connectivity index (χ0) is 41.2. The van der Waals surface area contributed by atoms with Crippen molar-refractivity contribution in [1.82, 2.24) is 0 Å². The highest BCUT2D eigenvalue weighted by molar-refractivity contribution is 6.26. The Morgan fingerprint density at radius 3 is 0.741 bits per heavy atom. The van der Waals surface area contributed by atoms with Crippen LogP contribution in [0.25, 0.3) is 32.3 Å². The molecule has 0 aliphatic carbocycles. The van der Waals surface area contributed by atoms with Crippen molar-refractivity contribution in [2.45, 2.75) is 182 Å². The summed E-state index contributed by atoms with van der Waals surface area (Å²) >= 11 is 0. The highest BCUT2D eigenvalue weighted by Crippen LogP contribution is 2.45. The van der Waals surface area contributed by atoms with Gasteiger partial charge in [-0.2, -0.15) is 10.5 Å². The maximum Gasteiger partial charge on any atom is 0.161 e. The van der Waals surface area contributed by atoms with E-state index >= 15 is 0 Å². The molecule has 58 heavy (non-hydrogen) atoms. The largest absolute Gasteiger partial charge is 0.490 e. The highest BCUT2D eigenvalue weighted by Gasteiger charge is 2.20. The van der Waals surface area contributed by atoms with Gasteiger partial charge in [-0.1, -0.05) is 156 Å². The van der Waals surface area contributed by atoms with E-state index in [1.165, 1.54) is 103 Å². The molecule has 0 aromatic heterocycles. The summed E-state index contributed by atoms with van der Waals surface area (Å²) < 4.78 is 26.3. The number of unbranched alkanes of at least 4 members (excludes halogenated alkanes) is 20. The summed E-state index contributed by atoms with van der Waals surface area (Å²) in [5.41, 5.74) is 0.735. The first-order valence-electron chi connectivity index (χ1n) is 23.5. The number of hydrogen-bond donors (Lipinski definition) is 0. The van der Waals surface area contributed by atoms with Gasteiger partial charge in [0.05, 0.1) is 37.6 Å². The van der Waals surface area contributed by atoms with Crippen LogP contribution in [0.5, 0.6) is 23.0 Å². The van der Waals surface area contributed by atoms with Crippen molar-refractivity contribution < 1.29 is 18.9 Å². The number of rotatable bonds is 32. The Labute approximate surface area is 351 Å². The molecule has 0 heterocycles. The van der Waals surface area contributed by atoms with Gasteiger partial charge in [-0.3, -0.25) is 0 Å². The number of nitriles is 2. The molecule has 0 amide bonds. The lowest BCUT2D eigenvalue weighted by Crippen LogP contribution is -2.04. The fourth-order valence-electron chi connectivity index (χ4n) is 7.95. The molecule has 0 saturated heterocycles. The van der Waals surface area contributed by atoms with Crippen LogP contribution in [0.1, 0.15) is 193 Å². The van der Waals surface area contributed by atoms with Crippen molar-refractivity contribution in [3.8, 4) is 35.1 Å². The van der Waals surface area contributed by atoms with E-state index in [4.69, 9.17) is 18.9 Å². The molecule has 0 atom stereocenters. The Balaban J connectivity index is 1.80. The lowest BCUT2D eigenvalue weighted by Gasteiger charge is -2.19. The first kappa shape index (κ1) is 46.5. The van der Waals surface area contributed by atoms with E-state index in [1.54, 1.807) is 0 Å². The van der Waals surface area contributed by atoms with Crippen molar-refractivity contribution in [3.05, 3.63) is 47.5 Å².